The summed E-state index contributed by atoms with van der Waals surface area (Å²) >= 11 is 0. The molecule has 1 saturated carbocycles. The summed E-state index contributed by atoms with van der Waals surface area (Å²) in [6, 6.07) is 39.9. The second kappa shape index (κ2) is 17.7. The molecule has 1 atom stereocenters. The van der Waals surface area contributed by atoms with Gasteiger partial charge in [-0.15, -0.1) is 0 Å². The molecule has 5 aromatic carbocycles. The van der Waals surface area contributed by atoms with E-state index < -0.39 is 28.5 Å². The highest BCUT2D eigenvalue weighted by Crippen LogP contribution is 2.29. The van der Waals surface area contributed by atoms with Crippen molar-refractivity contribution in [2.45, 2.75) is 62.0 Å². The smallest absolute Gasteiger partial charge is 0.264 e. The zero-order valence-electron chi connectivity index (χ0n) is 29.8. The first kappa shape index (κ1) is 37.2. The number of rotatable bonds is 15. The number of sulfonamides is 1. The molecule has 5 aromatic rings. The number of hydrogen-bond donors (Lipinski definition) is 1. The van der Waals surface area contributed by atoms with E-state index >= 15 is 0 Å². The van der Waals surface area contributed by atoms with Crippen LogP contribution in [0.1, 0.15) is 43.2 Å². The molecule has 0 spiro atoms. The van der Waals surface area contributed by atoms with E-state index in [0.29, 0.717) is 17.2 Å². The van der Waals surface area contributed by atoms with E-state index in [0.717, 1.165) is 47.5 Å². The van der Waals surface area contributed by atoms with Gasteiger partial charge in [0.1, 0.15) is 29.8 Å². The summed E-state index contributed by atoms with van der Waals surface area (Å²) in [6.07, 6.45) is 5.18. The Labute approximate surface area is 312 Å². The van der Waals surface area contributed by atoms with Crippen LogP contribution in [0.2, 0.25) is 0 Å². The number of carbonyl (C=O) groups excluding carboxylic acids is 2. The van der Waals surface area contributed by atoms with Crippen molar-refractivity contribution < 1.29 is 27.5 Å². The molecule has 1 N–H and O–H groups in total. The second-order valence-electron chi connectivity index (χ2n) is 13.2. The standard InChI is InChI=1S/C43H45N3O6S/c1-51-39-22-14-17-34(29-39)31-45(41(30-33-15-6-2-7-16-33)43(48)44-35-18-8-3-9-19-35)42(47)32-46(53(49,50)40-23-12-5-13-24-40)36-25-27-38(28-26-36)52-37-20-10-4-11-21-37/h2,4-7,10-17,20-29,35,41H,3,8-9,18-19,30-32H2,1H3,(H,44,48)/t41-/m0/s1. The summed E-state index contributed by atoms with van der Waals surface area (Å²) in [6.45, 7) is -0.503. The molecule has 274 valence electrons. The predicted molar refractivity (Wildman–Crippen MR) is 206 cm³/mol. The minimum absolute atomic E-state index is 0.00914. The van der Waals surface area contributed by atoms with Gasteiger partial charge in [0.2, 0.25) is 11.8 Å². The molecule has 0 aromatic heterocycles. The van der Waals surface area contributed by atoms with Crippen molar-refractivity contribution in [3.63, 3.8) is 0 Å². The fraction of sp³-hybridized carbons (Fsp3) is 0.256. The number of anilines is 1. The average molecular weight is 732 g/mol. The maximum atomic E-state index is 14.9. The Kier molecular flexibility index (Phi) is 12.4. The van der Waals surface area contributed by atoms with Gasteiger partial charge in [0.15, 0.2) is 0 Å². The van der Waals surface area contributed by atoms with Crippen molar-refractivity contribution in [2.75, 3.05) is 18.0 Å². The summed E-state index contributed by atoms with van der Waals surface area (Å²) in [5.41, 5.74) is 1.89. The number of carbonyl (C=O) groups is 2. The van der Waals surface area contributed by atoms with Gasteiger partial charge in [0.05, 0.1) is 17.7 Å². The first-order valence-electron chi connectivity index (χ1n) is 18.0. The van der Waals surface area contributed by atoms with Crippen LogP contribution in [0.3, 0.4) is 0 Å². The van der Waals surface area contributed by atoms with E-state index in [4.69, 9.17) is 9.47 Å². The van der Waals surface area contributed by atoms with E-state index in [9.17, 15) is 18.0 Å². The highest BCUT2D eigenvalue weighted by atomic mass is 32.2. The van der Waals surface area contributed by atoms with Crippen LogP contribution >= 0.6 is 0 Å². The molecule has 9 nitrogen and oxygen atoms in total. The van der Waals surface area contributed by atoms with Gasteiger partial charge in [-0.3, -0.25) is 13.9 Å². The molecule has 0 heterocycles. The highest BCUT2D eigenvalue weighted by molar-refractivity contribution is 7.92. The third kappa shape index (κ3) is 9.84. The lowest BCUT2D eigenvalue weighted by Crippen LogP contribution is -2.55. The number of benzene rings is 5. The maximum absolute atomic E-state index is 14.9. The first-order chi connectivity index (χ1) is 25.8. The fourth-order valence-electron chi connectivity index (χ4n) is 6.62. The number of nitrogens with one attached hydrogen (secondary N) is 1. The quantitative estimate of drug-likeness (QED) is 0.118. The number of nitrogens with zero attached hydrogens (tertiary/aromatic N) is 2. The molecule has 0 bridgehead atoms. The maximum Gasteiger partial charge on any atom is 0.264 e. The largest absolute Gasteiger partial charge is 0.497 e. The Balaban J connectivity index is 1.38. The number of amides is 2. The lowest BCUT2D eigenvalue weighted by molar-refractivity contribution is -0.140. The van der Waals surface area contributed by atoms with E-state index in [1.54, 1.807) is 49.6 Å². The van der Waals surface area contributed by atoms with E-state index in [2.05, 4.69) is 5.32 Å². The van der Waals surface area contributed by atoms with Crippen LogP contribution in [0.15, 0.2) is 144 Å². The molecule has 10 heteroatoms. The number of para-hydroxylation sites is 1. The van der Waals surface area contributed by atoms with Crippen LogP contribution < -0.4 is 19.1 Å². The molecule has 0 unspecified atom stereocenters. The lowest BCUT2D eigenvalue weighted by Gasteiger charge is -2.35. The third-order valence-electron chi connectivity index (χ3n) is 9.42. The van der Waals surface area contributed by atoms with Crippen molar-refractivity contribution in [2.24, 2.45) is 0 Å². The summed E-state index contributed by atoms with van der Waals surface area (Å²) in [7, 11) is -2.67. The van der Waals surface area contributed by atoms with Gasteiger partial charge in [-0.05, 0) is 84.6 Å². The van der Waals surface area contributed by atoms with E-state index in [1.807, 2.05) is 84.9 Å². The van der Waals surface area contributed by atoms with Gasteiger partial charge >= 0.3 is 0 Å². The van der Waals surface area contributed by atoms with Gasteiger partial charge in [0.25, 0.3) is 10.0 Å². The molecule has 2 amide bonds. The summed E-state index contributed by atoms with van der Waals surface area (Å²) in [5.74, 6) is 0.944. The van der Waals surface area contributed by atoms with Crippen LogP contribution in [0.5, 0.6) is 17.2 Å². The zero-order chi connectivity index (χ0) is 37.0. The Morgan fingerprint density at radius 2 is 1.30 bits per heavy atom. The van der Waals surface area contributed by atoms with Gasteiger partial charge in [0, 0.05) is 19.0 Å². The molecule has 1 aliphatic rings. The number of ether oxygens (including phenoxy) is 2. The van der Waals surface area contributed by atoms with Crippen molar-refractivity contribution in [1.29, 1.82) is 0 Å². The molecular formula is C43H45N3O6S. The first-order valence-corrected chi connectivity index (χ1v) is 19.4. The summed E-state index contributed by atoms with van der Waals surface area (Å²) in [4.78, 5) is 30.8. The van der Waals surface area contributed by atoms with Crippen LogP contribution in [-0.2, 0) is 32.6 Å². The Morgan fingerprint density at radius 1 is 0.717 bits per heavy atom. The zero-order valence-corrected chi connectivity index (χ0v) is 30.7. The van der Waals surface area contributed by atoms with Gasteiger partial charge < -0.3 is 19.7 Å². The van der Waals surface area contributed by atoms with Crippen LogP contribution in [-0.4, -0.2) is 50.9 Å². The molecule has 0 saturated heterocycles. The average Bonchev–Trinajstić information content (AvgIpc) is 3.20. The molecule has 1 aliphatic carbocycles. The minimum atomic E-state index is -4.24. The number of methoxy groups -OCH3 is 1. The molecule has 53 heavy (non-hydrogen) atoms. The van der Waals surface area contributed by atoms with Crippen molar-refractivity contribution in [3.8, 4) is 17.2 Å². The van der Waals surface area contributed by atoms with E-state index in [1.165, 1.54) is 17.0 Å². The van der Waals surface area contributed by atoms with E-state index in [-0.39, 0.29) is 35.5 Å². The Hall–Kier alpha value is -5.61. The van der Waals surface area contributed by atoms with Gasteiger partial charge in [-0.2, -0.15) is 0 Å². The SMILES string of the molecule is COc1cccc(CN(C(=O)CN(c2ccc(Oc3ccccc3)cc2)S(=O)(=O)c2ccccc2)[C@@H](Cc2ccccc2)C(=O)NC2CCCCC2)c1. The normalized spacial score (nSPS) is 13.8. The molecule has 0 radical (unpaired) electrons. The fourth-order valence-corrected chi connectivity index (χ4v) is 8.05. The topological polar surface area (TPSA) is 105 Å². The Bertz CT molecular complexity index is 2040. The summed E-state index contributed by atoms with van der Waals surface area (Å²) in [5, 5.41) is 3.25. The van der Waals surface area contributed by atoms with Crippen molar-refractivity contribution in [3.05, 3.63) is 151 Å². The highest BCUT2D eigenvalue weighted by Gasteiger charge is 2.35. The summed E-state index contributed by atoms with van der Waals surface area (Å²) < 4.78 is 41.3. The van der Waals surface area contributed by atoms with Crippen molar-refractivity contribution >= 4 is 27.5 Å². The monoisotopic (exact) mass is 731 g/mol. The predicted octanol–water partition coefficient (Wildman–Crippen LogP) is 7.77. The molecule has 6 rings (SSSR count). The molecule has 1 fully saturated rings. The van der Waals surface area contributed by atoms with Gasteiger partial charge in [-0.1, -0.05) is 98.1 Å². The lowest BCUT2D eigenvalue weighted by atomic mass is 9.94. The molecular weight excluding hydrogens is 687 g/mol. The van der Waals surface area contributed by atoms with Crippen LogP contribution in [0, 0.1) is 0 Å². The third-order valence-corrected chi connectivity index (χ3v) is 11.2. The number of hydrogen-bond acceptors (Lipinski definition) is 6. The van der Waals surface area contributed by atoms with Gasteiger partial charge in [-0.25, -0.2) is 8.42 Å². The molecule has 0 aliphatic heterocycles. The minimum Gasteiger partial charge on any atom is -0.497 e. The van der Waals surface area contributed by atoms with Crippen LogP contribution in [0.4, 0.5) is 5.69 Å². The van der Waals surface area contributed by atoms with Crippen molar-refractivity contribution in [1.82, 2.24) is 10.2 Å². The van der Waals surface area contributed by atoms with Crippen LogP contribution in [0.25, 0.3) is 0 Å². The Morgan fingerprint density at radius 3 is 1.96 bits per heavy atom. The second-order valence-corrected chi connectivity index (χ2v) is 15.0.